The van der Waals surface area contributed by atoms with E-state index in [2.05, 4.69) is 0 Å². The average molecular weight is 195 g/mol. The molecule has 0 aromatic heterocycles. The lowest BCUT2D eigenvalue weighted by Gasteiger charge is -2.14. The van der Waals surface area contributed by atoms with Crippen LogP contribution in [0.15, 0.2) is 24.3 Å². The van der Waals surface area contributed by atoms with Crippen LogP contribution in [0.1, 0.15) is 24.2 Å². The normalized spacial score (nSPS) is 14.8. The Morgan fingerprint density at radius 1 is 1.43 bits per heavy atom. The molecule has 0 spiro atoms. The minimum absolute atomic E-state index is 0.475. The standard InChI is InChI=1S/C10H13NO3/c1-7-5-3-4-6-9(7)10(12)8(2)11(13)14/h3-6,8,10,12H,1-2H3/t8-,10-/m1/s1. The first-order chi connectivity index (χ1) is 6.54. The van der Waals surface area contributed by atoms with Crippen LogP contribution in [-0.4, -0.2) is 16.1 Å². The fraction of sp³-hybridized carbons (Fsp3) is 0.400. The lowest BCUT2D eigenvalue weighted by Crippen LogP contribution is -2.24. The Morgan fingerprint density at radius 2 is 2.00 bits per heavy atom. The van der Waals surface area contributed by atoms with Gasteiger partial charge in [-0.15, -0.1) is 0 Å². The van der Waals surface area contributed by atoms with Crippen LogP contribution in [0.3, 0.4) is 0 Å². The van der Waals surface area contributed by atoms with E-state index in [1.54, 1.807) is 12.1 Å². The summed E-state index contributed by atoms with van der Waals surface area (Å²) in [6.45, 7) is 3.22. The Hall–Kier alpha value is -1.42. The van der Waals surface area contributed by atoms with Gasteiger partial charge in [-0.3, -0.25) is 10.1 Å². The molecule has 14 heavy (non-hydrogen) atoms. The van der Waals surface area contributed by atoms with Gasteiger partial charge in [-0.2, -0.15) is 0 Å². The summed E-state index contributed by atoms with van der Waals surface area (Å²) in [6.07, 6.45) is -1.04. The van der Waals surface area contributed by atoms with E-state index < -0.39 is 17.1 Å². The molecule has 0 amide bonds. The summed E-state index contributed by atoms with van der Waals surface area (Å²) in [5.74, 6) is 0. The molecule has 1 rings (SSSR count). The first-order valence-corrected chi connectivity index (χ1v) is 4.41. The van der Waals surface area contributed by atoms with Crippen molar-refractivity contribution in [2.24, 2.45) is 0 Å². The number of aryl methyl sites for hydroxylation is 1. The molecule has 1 aromatic carbocycles. The van der Waals surface area contributed by atoms with Crippen molar-refractivity contribution < 1.29 is 10.0 Å². The van der Waals surface area contributed by atoms with Gasteiger partial charge in [0.1, 0.15) is 6.10 Å². The quantitative estimate of drug-likeness (QED) is 0.589. The lowest BCUT2D eigenvalue weighted by molar-refractivity contribution is -0.531. The zero-order valence-corrected chi connectivity index (χ0v) is 8.18. The Balaban J connectivity index is 2.94. The number of rotatable bonds is 3. The van der Waals surface area contributed by atoms with Crippen LogP contribution in [-0.2, 0) is 0 Å². The molecule has 4 heteroatoms. The molecule has 0 radical (unpaired) electrons. The maximum Gasteiger partial charge on any atom is 0.239 e. The van der Waals surface area contributed by atoms with E-state index in [-0.39, 0.29) is 0 Å². The number of aliphatic hydroxyl groups is 1. The smallest absolute Gasteiger partial charge is 0.239 e. The summed E-state index contributed by atoms with van der Waals surface area (Å²) in [5.41, 5.74) is 1.49. The molecule has 2 atom stereocenters. The third-order valence-corrected chi connectivity index (χ3v) is 2.30. The predicted octanol–water partition coefficient (Wildman–Crippen LogP) is 1.69. The maximum atomic E-state index is 10.5. The summed E-state index contributed by atoms with van der Waals surface area (Å²) in [5, 5.41) is 20.2. The first-order valence-electron chi connectivity index (χ1n) is 4.41. The Labute approximate surface area is 82.3 Å². The van der Waals surface area contributed by atoms with Gasteiger partial charge in [-0.05, 0) is 18.1 Å². The van der Waals surface area contributed by atoms with E-state index in [9.17, 15) is 15.2 Å². The van der Waals surface area contributed by atoms with E-state index in [1.807, 2.05) is 19.1 Å². The minimum atomic E-state index is -1.04. The molecule has 0 saturated carbocycles. The van der Waals surface area contributed by atoms with E-state index in [0.29, 0.717) is 5.56 Å². The lowest BCUT2D eigenvalue weighted by atomic mass is 9.99. The van der Waals surface area contributed by atoms with Crippen molar-refractivity contribution in [3.05, 3.63) is 45.5 Å². The number of benzene rings is 1. The van der Waals surface area contributed by atoms with Crippen LogP contribution in [0.5, 0.6) is 0 Å². The van der Waals surface area contributed by atoms with Gasteiger partial charge >= 0.3 is 0 Å². The third kappa shape index (κ3) is 2.09. The summed E-state index contributed by atoms with van der Waals surface area (Å²) < 4.78 is 0. The van der Waals surface area contributed by atoms with Gasteiger partial charge in [-0.25, -0.2) is 0 Å². The van der Waals surface area contributed by atoms with E-state index in [0.717, 1.165) is 5.56 Å². The minimum Gasteiger partial charge on any atom is -0.381 e. The summed E-state index contributed by atoms with van der Waals surface area (Å²) in [6, 6.07) is 6.15. The molecule has 0 aliphatic rings. The predicted molar refractivity (Wildman–Crippen MR) is 52.6 cm³/mol. The molecule has 0 heterocycles. The van der Waals surface area contributed by atoms with E-state index >= 15 is 0 Å². The molecule has 0 bridgehead atoms. The van der Waals surface area contributed by atoms with Crippen molar-refractivity contribution >= 4 is 0 Å². The van der Waals surface area contributed by atoms with Crippen molar-refractivity contribution in [1.82, 2.24) is 0 Å². The SMILES string of the molecule is Cc1ccccc1[C@H](O)[C@@H](C)[N+](=O)[O-]. The van der Waals surface area contributed by atoms with Gasteiger partial charge in [0, 0.05) is 11.8 Å². The second kappa shape index (κ2) is 4.19. The van der Waals surface area contributed by atoms with Crippen molar-refractivity contribution in [2.45, 2.75) is 26.0 Å². The van der Waals surface area contributed by atoms with Crippen molar-refractivity contribution in [1.29, 1.82) is 0 Å². The van der Waals surface area contributed by atoms with Crippen LogP contribution in [0, 0.1) is 17.0 Å². The highest BCUT2D eigenvalue weighted by Crippen LogP contribution is 2.21. The molecule has 0 aliphatic carbocycles. The molecule has 1 aromatic rings. The number of aliphatic hydroxyl groups excluding tert-OH is 1. The van der Waals surface area contributed by atoms with Gasteiger partial charge in [0.2, 0.25) is 6.04 Å². The van der Waals surface area contributed by atoms with Crippen LogP contribution in [0.25, 0.3) is 0 Å². The molecule has 76 valence electrons. The Bertz CT molecular complexity index is 338. The number of hydrogen-bond acceptors (Lipinski definition) is 3. The van der Waals surface area contributed by atoms with Gasteiger partial charge in [0.25, 0.3) is 0 Å². The molecule has 4 nitrogen and oxygen atoms in total. The number of hydrogen-bond donors (Lipinski definition) is 1. The van der Waals surface area contributed by atoms with Gasteiger partial charge in [0.15, 0.2) is 0 Å². The highest BCUT2D eigenvalue weighted by Gasteiger charge is 2.26. The van der Waals surface area contributed by atoms with Crippen molar-refractivity contribution in [3.63, 3.8) is 0 Å². The zero-order valence-electron chi connectivity index (χ0n) is 8.18. The molecule has 0 saturated heterocycles. The fourth-order valence-electron chi connectivity index (χ4n) is 1.29. The number of nitro groups is 1. The second-order valence-corrected chi connectivity index (χ2v) is 3.33. The topological polar surface area (TPSA) is 63.4 Å². The molecule has 1 N–H and O–H groups in total. The highest BCUT2D eigenvalue weighted by molar-refractivity contribution is 5.28. The van der Waals surface area contributed by atoms with Crippen LogP contribution < -0.4 is 0 Å². The maximum absolute atomic E-state index is 10.5. The fourth-order valence-corrected chi connectivity index (χ4v) is 1.29. The second-order valence-electron chi connectivity index (χ2n) is 3.33. The van der Waals surface area contributed by atoms with Gasteiger partial charge < -0.3 is 5.11 Å². The average Bonchev–Trinajstić information content (AvgIpc) is 2.16. The van der Waals surface area contributed by atoms with E-state index in [1.165, 1.54) is 6.92 Å². The largest absolute Gasteiger partial charge is 0.381 e. The summed E-state index contributed by atoms with van der Waals surface area (Å²) in [4.78, 5) is 10.00. The number of nitrogens with zero attached hydrogens (tertiary/aromatic N) is 1. The van der Waals surface area contributed by atoms with E-state index in [4.69, 9.17) is 0 Å². The highest BCUT2D eigenvalue weighted by atomic mass is 16.6. The van der Waals surface area contributed by atoms with Crippen LogP contribution in [0.4, 0.5) is 0 Å². The van der Waals surface area contributed by atoms with Gasteiger partial charge in [0.05, 0.1) is 0 Å². The Kier molecular flexibility index (Phi) is 3.19. The van der Waals surface area contributed by atoms with Crippen LogP contribution in [0.2, 0.25) is 0 Å². The summed E-state index contributed by atoms with van der Waals surface area (Å²) >= 11 is 0. The van der Waals surface area contributed by atoms with Crippen LogP contribution >= 0.6 is 0 Å². The zero-order chi connectivity index (χ0) is 10.7. The molecular weight excluding hydrogens is 182 g/mol. The summed E-state index contributed by atoms with van der Waals surface area (Å²) in [7, 11) is 0. The molecule has 0 unspecified atom stereocenters. The third-order valence-electron chi connectivity index (χ3n) is 2.30. The molecule has 0 aliphatic heterocycles. The van der Waals surface area contributed by atoms with Gasteiger partial charge in [-0.1, -0.05) is 24.3 Å². The van der Waals surface area contributed by atoms with Crippen molar-refractivity contribution in [3.8, 4) is 0 Å². The molecule has 0 fully saturated rings. The Morgan fingerprint density at radius 3 is 2.50 bits per heavy atom. The first kappa shape index (κ1) is 10.7. The monoisotopic (exact) mass is 195 g/mol. The van der Waals surface area contributed by atoms with Crippen molar-refractivity contribution in [2.75, 3.05) is 0 Å². The molecular formula is C10H13NO3.